The van der Waals surface area contributed by atoms with Gasteiger partial charge >= 0.3 is 0 Å². The topological polar surface area (TPSA) is 76.4 Å². The average Bonchev–Trinajstić information content (AvgIpc) is 3.28. The fraction of sp³-hybridized carbons (Fsp3) is 0.333. The standard InChI is InChI=1S/C21H24N6O2/c1-16-5-3-4-6-18(16)29-14-21(28)26-11-9-25(10-12-26)19-13-20(24-17(2)23-19)27-8-7-22-15-27/h3-8,13,15H,9-12,14H2,1-2H3. The van der Waals surface area contributed by atoms with Gasteiger partial charge < -0.3 is 14.5 Å². The molecule has 0 spiro atoms. The van der Waals surface area contributed by atoms with Gasteiger partial charge in [-0.05, 0) is 25.5 Å². The lowest BCUT2D eigenvalue weighted by molar-refractivity contribution is -0.133. The molecule has 29 heavy (non-hydrogen) atoms. The van der Waals surface area contributed by atoms with Crippen molar-refractivity contribution in [2.45, 2.75) is 13.8 Å². The van der Waals surface area contributed by atoms with Crippen LogP contribution in [0.2, 0.25) is 0 Å². The second kappa shape index (κ2) is 8.30. The Morgan fingerprint density at radius 2 is 1.83 bits per heavy atom. The van der Waals surface area contributed by atoms with Crippen LogP contribution in [-0.2, 0) is 4.79 Å². The van der Waals surface area contributed by atoms with Crippen molar-refractivity contribution in [3.05, 3.63) is 60.4 Å². The maximum atomic E-state index is 12.5. The SMILES string of the molecule is Cc1nc(N2CCN(C(=O)COc3ccccc3C)CC2)cc(-n2ccnc2)n1. The van der Waals surface area contributed by atoms with Gasteiger partial charge in [0.05, 0.1) is 0 Å². The summed E-state index contributed by atoms with van der Waals surface area (Å²) in [5, 5.41) is 0. The number of hydrogen-bond acceptors (Lipinski definition) is 6. The summed E-state index contributed by atoms with van der Waals surface area (Å²) in [5.41, 5.74) is 1.03. The molecule has 8 heteroatoms. The summed E-state index contributed by atoms with van der Waals surface area (Å²) in [5.74, 6) is 3.12. The number of anilines is 1. The van der Waals surface area contributed by atoms with Gasteiger partial charge in [-0.25, -0.2) is 15.0 Å². The van der Waals surface area contributed by atoms with Crippen molar-refractivity contribution in [1.29, 1.82) is 0 Å². The van der Waals surface area contributed by atoms with Gasteiger partial charge in [0, 0.05) is 44.6 Å². The fourth-order valence-electron chi connectivity index (χ4n) is 3.36. The molecule has 3 heterocycles. The van der Waals surface area contributed by atoms with Gasteiger partial charge in [0.25, 0.3) is 5.91 Å². The van der Waals surface area contributed by atoms with Crippen LogP contribution in [0, 0.1) is 13.8 Å². The highest BCUT2D eigenvalue weighted by molar-refractivity contribution is 5.78. The minimum atomic E-state index is 0.00544. The number of imidazole rings is 1. The van der Waals surface area contributed by atoms with E-state index in [0.717, 1.165) is 36.0 Å². The van der Waals surface area contributed by atoms with E-state index in [-0.39, 0.29) is 12.5 Å². The van der Waals surface area contributed by atoms with Gasteiger partial charge in [0.1, 0.15) is 29.5 Å². The number of rotatable bonds is 5. The average molecular weight is 392 g/mol. The van der Waals surface area contributed by atoms with Crippen molar-refractivity contribution in [3.8, 4) is 11.6 Å². The van der Waals surface area contributed by atoms with Gasteiger partial charge in [-0.2, -0.15) is 0 Å². The molecule has 1 aliphatic heterocycles. The lowest BCUT2D eigenvalue weighted by atomic mass is 10.2. The number of piperazine rings is 1. The highest BCUT2D eigenvalue weighted by Gasteiger charge is 2.23. The van der Waals surface area contributed by atoms with Crippen molar-refractivity contribution >= 4 is 11.7 Å². The Morgan fingerprint density at radius 3 is 2.55 bits per heavy atom. The van der Waals surface area contributed by atoms with E-state index in [4.69, 9.17) is 4.74 Å². The zero-order valence-corrected chi connectivity index (χ0v) is 16.7. The first-order valence-corrected chi connectivity index (χ1v) is 9.65. The quantitative estimate of drug-likeness (QED) is 0.661. The molecule has 0 N–H and O–H groups in total. The lowest BCUT2D eigenvalue weighted by Crippen LogP contribution is -2.50. The van der Waals surface area contributed by atoms with E-state index in [0.29, 0.717) is 18.9 Å². The molecular weight excluding hydrogens is 368 g/mol. The number of benzene rings is 1. The molecule has 1 fully saturated rings. The molecule has 0 bridgehead atoms. The van der Waals surface area contributed by atoms with E-state index < -0.39 is 0 Å². The van der Waals surface area contributed by atoms with E-state index in [2.05, 4.69) is 19.9 Å². The van der Waals surface area contributed by atoms with Crippen LogP contribution in [-0.4, -0.2) is 63.1 Å². The zero-order valence-electron chi connectivity index (χ0n) is 16.7. The molecule has 1 aliphatic rings. The number of carbonyl (C=O) groups is 1. The first-order chi connectivity index (χ1) is 14.1. The summed E-state index contributed by atoms with van der Waals surface area (Å²) in [7, 11) is 0. The predicted octanol–water partition coefficient (Wildman–Crippen LogP) is 2.01. The number of aromatic nitrogens is 4. The van der Waals surface area contributed by atoms with Crippen molar-refractivity contribution in [1.82, 2.24) is 24.4 Å². The van der Waals surface area contributed by atoms with Crippen molar-refractivity contribution in [3.63, 3.8) is 0 Å². The van der Waals surface area contributed by atoms with Crippen molar-refractivity contribution in [2.75, 3.05) is 37.7 Å². The summed E-state index contributed by atoms with van der Waals surface area (Å²) in [6, 6.07) is 9.67. The normalized spacial score (nSPS) is 14.1. The van der Waals surface area contributed by atoms with Gasteiger partial charge in [0.2, 0.25) is 0 Å². The molecule has 1 saturated heterocycles. The number of carbonyl (C=O) groups excluding carboxylic acids is 1. The number of para-hydroxylation sites is 1. The Labute approximate surface area is 169 Å². The van der Waals surface area contributed by atoms with Crippen LogP contribution in [0.15, 0.2) is 49.1 Å². The van der Waals surface area contributed by atoms with E-state index >= 15 is 0 Å². The van der Waals surface area contributed by atoms with E-state index in [9.17, 15) is 4.79 Å². The maximum Gasteiger partial charge on any atom is 0.260 e. The summed E-state index contributed by atoms with van der Waals surface area (Å²) >= 11 is 0. The van der Waals surface area contributed by atoms with Gasteiger partial charge in [-0.3, -0.25) is 9.36 Å². The molecule has 150 valence electrons. The molecule has 1 aromatic carbocycles. The number of ether oxygens (including phenoxy) is 1. The Hall–Kier alpha value is -3.42. The predicted molar refractivity (Wildman–Crippen MR) is 109 cm³/mol. The molecule has 0 atom stereocenters. The van der Waals surface area contributed by atoms with Crippen LogP contribution in [0.1, 0.15) is 11.4 Å². The molecule has 0 aliphatic carbocycles. The smallest absolute Gasteiger partial charge is 0.260 e. The van der Waals surface area contributed by atoms with Crippen LogP contribution in [0.5, 0.6) is 5.75 Å². The first kappa shape index (κ1) is 18.9. The third kappa shape index (κ3) is 4.37. The third-order valence-electron chi connectivity index (χ3n) is 4.98. The van der Waals surface area contributed by atoms with Crippen LogP contribution in [0.4, 0.5) is 5.82 Å². The molecular formula is C21H24N6O2. The molecule has 2 aromatic heterocycles. The van der Waals surface area contributed by atoms with Gasteiger partial charge in [-0.1, -0.05) is 18.2 Å². The Balaban J connectivity index is 1.36. The molecule has 8 nitrogen and oxygen atoms in total. The van der Waals surface area contributed by atoms with Gasteiger partial charge in [-0.15, -0.1) is 0 Å². The molecule has 0 radical (unpaired) electrons. The van der Waals surface area contributed by atoms with Crippen LogP contribution in [0.25, 0.3) is 5.82 Å². The van der Waals surface area contributed by atoms with E-state index in [1.807, 2.05) is 59.8 Å². The number of hydrogen-bond donors (Lipinski definition) is 0. The minimum absolute atomic E-state index is 0.00544. The number of nitrogens with zero attached hydrogens (tertiary/aromatic N) is 6. The van der Waals surface area contributed by atoms with E-state index in [1.54, 1.807) is 12.5 Å². The molecule has 0 unspecified atom stereocenters. The number of amides is 1. The second-order valence-corrected chi connectivity index (χ2v) is 7.02. The van der Waals surface area contributed by atoms with Crippen LogP contribution >= 0.6 is 0 Å². The third-order valence-corrected chi connectivity index (χ3v) is 4.98. The largest absolute Gasteiger partial charge is 0.484 e. The first-order valence-electron chi connectivity index (χ1n) is 9.65. The molecule has 4 rings (SSSR count). The second-order valence-electron chi connectivity index (χ2n) is 7.02. The molecule has 0 saturated carbocycles. The van der Waals surface area contributed by atoms with Crippen LogP contribution in [0.3, 0.4) is 0 Å². The zero-order chi connectivity index (χ0) is 20.2. The van der Waals surface area contributed by atoms with Crippen LogP contribution < -0.4 is 9.64 Å². The van der Waals surface area contributed by atoms with Crippen molar-refractivity contribution in [2.24, 2.45) is 0 Å². The lowest BCUT2D eigenvalue weighted by Gasteiger charge is -2.35. The van der Waals surface area contributed by atoms with Gasteiger partial charge in [0.15, 0.2) is 6.61 Å². The summed E-state index contributed by atoms with van der Waals surface area (Å²) in [6.45, 7) is 6.62. The molecule has 1 amide bonds. The molecule has 3 aromatic rings. The minimum Gasteiger partial charge on any atom is -0.484 e. The van der Waals surface area contributed by atoms with Crippen molar-refractivity contribution < 1.29 is 9.53 Å². The fourth-order valence-corrected chi connectivity index (χ4v) is 3.36. The summed E-state index contributed by atoms with van der Waals surface area (Å²) in [6.07, 6.45) is 5.30. The Morgan fingerprint density at radius 1 is 1.07 bits per heavy atom. The highest BCUT2D eigenvalue weighted by Crippen LogP contribution is 2.19. The Kier molecular flexibility index (Phi) is 5.41. The van der Waals surface area contributed by atoms with E-state index in [1.165, 1.54) is 0 Å². The number of aryl methyl sites for hydroxylation is 2. The summed E-state index contributed by atoms with van der Waals surface area (Å²) < 4.78 is 7.56. The Bertz CT molecular complexity index is 981. The highest BCUT2D eigenvalue weighted by atomic mass is 16.5. The summed E-state index contributed by atoms with van der Waals surface area (Å²) in [4.78, 5) is 29.7. The maximum absolute atomic E-state index is 12.5. The monoisotopic (exact) mass is 392 g/mol.